The molecule has 1 aliphatic carbocycles. The van der Waals surface area contributed by atoms with Crippen molar-refractivity contribution in [2.75, 3.05) is 4.90 Å². The Hall–Kier alpha value is -0.810. The highest BCUT2D eigenvalue weighted by Gasteiger charge is 2.39. The standard InChI is InChI=1S/C14H13BrFNOS/c15-8-5-6-12(11(16)7-8)17-13(18)9-3-1-2-4-10(9)14(17)19/h5-7,14,19H,1-4H2. The largest absolute Gasteiger partial charge is 0.290 e. The van der Waals surface area contributed by atoms with Crippen LogP contribution in [0.4, 0.5) is 10.1 Å². The Morgan fingerprint density at radius 2 is 2.05 bits per heavy atom. The van der Waals surface area contributed by atoms with Crippen LogP contribution in [0, 0.1) is 5.82 Å². The number of rotatable bonds is 1. The molecule has 3 rings (SSSR count). The lowest BCUT2D eigenvalue weighted by atomic mass is 9.94. The summed E-state index contributed by atoms with van der Waals surface area (Å²) in [7, 11) is 0. The lowest BCUT2D eigenvalue weighted by molar-refractivity contribution is -0.114. The third-order valence-corrected chi connectivity index (χ3v) is 4.75. The quantitative estimate of drug-likeness (QED) is 0.763. The van der Waals surface area contributed by atoms with E-state index >= 15 is 0 Å². The summed E-state index contributed by atoms with van der Waals surface area (Å²) in [6.45, 7) is 0. The predicted octanol–water partition coefficient (Wildman–Crippen LogP) is 4.06. The maximum atomic E-state index is 14.1. The number of hydrogen-bond acceptors (Lipinski definition) is 2. The summed E-state index contributed by atoms with van der Waals surface area (Å²) in [4.78, 5) is 13.9. The predicted molar refractivity (Wildman–Crippen MR) is 79.9 cm³/mol. The maximum Gasteiger partial charge on any atom is 0.255 e. The van der Waals surface area contributed by atoms with E-state index in [2.05, 4.69) is 28.6 Å². The summed E-state index contributed by atoms with van der Waals surface area (Å²) in [5.74, 6) is -0.488. The smallest absolute Gasteiger partial charge is 0.255 e. The third-order valence-electron chi connectivity index (χ3n) is 3.71. The molecule has 0 aromatic heterocycles. The van der Waals surface area contributed by atoms with Gasteiger partial charge >= 0.3 is 0 Å². The molecule has 1 heterocycles. The van der Waals surface area contributed by atoms with E-state index in [1.165, 1.54) is 11.0 Å². The summed E-state index contributed by atoms with van der Waals surface area (Å²) in [6.07, 6.45) is 3.80. The first-order valence-corrected chi connectivity index (χ1v) is 7.59. The second-order valence-electron chi connectivity index (χ2n) is 4.86. The van der Waals surface area contributed by atoms with Crippen LogP contribution < -0.4 is 4.90 Å². The van der Waals surface area contributed by atoms with Gasteiger partial charge in [0, 0.05) is 10.0 Å². The van der Waals surface area contributed by atoms with Crippen molar-refractivity contribution in [3.8, 4) is 0 Å². The lowest BCUT2D eigenvalue weighted by Crippen LogP contribution is -2.32. The summed E-state index contributed by atoms with van der Waals surface area (Å²) in [5, 5.41) is -0.321. The Morgan fingerprint density at radius 3 is 2.74 bits per heavy atom. The monoisotopic (exact) mass is 341 g/mol. The number of amides is 1. The van der Waals surface area contributed by atoms with E-state index in [9.17, 15) is 9.18 Å². The molecule has 0 saturated carbocycles. The molecule has 0 fully saturated rings. The number of halogens is 2. The molecule has 2 aliphatic rings. The highest BCUT2D eigenvalue weighted by Crippen LogP contribution is 2.41. The second kappa shape index (κ2) is 4.94. The zero-order valence-electron chi connectivity index (χ0n) is 10.2. The molecule has 1 aromatic carbocycles. The Kier molecular flexibility index (Phi) is 3.43. The number of anilines is 1. The van der Waals surface area contributed by atoms with Crippen LogP contribution in [0.2, 0.25) is 0 Å². The van der Waals surface area contributed by atoms with Crippen molar-refractivity contribution < 1.29 is 9.18 Å². The molecule has 5 heteroatoms. The Morgan fingerprint density at radius 1 is 1.32 bits per heavy atom. The minimum Gasteiger partial charge on any atom is -0.290 e. The van der Waals surface area contributed by atoms with Gasteiger partial charge in [-0.05, 0) is 49.5 Å². The van der Waals surface area contributed by atoms with E-state index in [1.54, 1.807) is 12.1 Å². The molecule has 0 N–H and O–H groups in total. The summed E-state index contributed by atoms with van der Waals surface area (Å²) in [6, 6.07) is 4.74. The van der Waals surface area contributed by atoms with Crippen molar-refractivity contribution in [3.05, 3.63) is 39.6 Å². The van der Waals surface area contributed by atoms with Gasteiger partial charge in [-0.3, -0.25) is 9.69 Å². The summed E-state index contributed by atoms with van der Waals surface area (Å²) in [5.41, 5.74) is 2.22. The summed E-state index contributed by atoms with van der Waals surface area (Å²) >= 11 is 7.75. The molecule has 1 amide bonds. The van der Waals surface area contributed by atoms with Gasteiger partial charge in [0.25, 0.3) is 5.91 Å². The van der Waals surface area contributed by atoms with Crippen molar-refractivity contribution in [2.24, 2.45) is 0 Å². The Bertz CT molecular complexity index is 587. The minimum atomic E-state index is -0.401. The molecular weight excluding hydrogens is 329 g/mol. The number of carbonyl (C=O) groups excluding carboxylic acids is 1. The zero-order valence-corrected chi connectivity index (χ0v) is 12.7. The van der Waals surface area contributed by atoms with Crippen LogP contribution in [0.15, 0.2) is 33.8 Å². The van der Waals surface area contributed by atoms with Gasteiger partial charge in [-0.15, -0.1) is 12.6 Å². The molecule has 1 unspecified atom stereocenters. The van der Waals surface area contributed by atoms with Gasteiger partial charge < -0.3 is 0 Å². The molecule has 1 aliphatic heterocycles. The van der Waals surface area contributed by atoms with E-state index < -0.39 is 5.82 Å². The van der Waals surface area contributed by atoms with Crippen molar-refractivity contribution in [2.45, 2.75) is 31.1 Å². The van der Waals surface area contributed by atoms with Crippen molar-refractivity contribution in [3.63, 3.8) is 0 Å². The normalized spacial score (nSPS) is 23.0. The highest BCUT2D eigenvalue weighted by atomic mass is 79.9. The van der Waals surface area contributed by atoms with Gasteiger partial charge in [-0.2, -0.15) is 0 Å². The fourth-order valence-electron chi connectivity index (χ4n) is 2.79. The fraction of sp³-hybridized carbons (Fsp3) is 0.357. The number of benzene rings is 1. The molecule has 100 valence electrons. The van der Waals surface area contributed by atoms with E-state index in [1.807, 2.05) is 0 Å². The molecule has 0 radical (unpaired) electrons. The van der Waals surface area contributed by atoms with Gasteiger partial charge in [-0.25, -0.2) is 4.39 Å². The SMILES string of the molecule is O=C1C2=C(CCCC2)C(S)N1c1ccc(Br)cc1F. The van der Waals surface area contributed by atoms with Crippen LogP contribution in [-0.4, -0.2) is 11.3 Å². The number of carbonyl (C=O) groups is 1. The first-order chi connectivity index (χ1) is 9.09. The van der Waals surface area contributed by atoms with E-state index in [0.29, 0.717) is 10.2 Å². The highest BCUT2D eigenvalue weighted by molar-refractivity contribution is 9.10. The van der Waals surface area contributed by atoms with Crippen LogP contribution in [0.25, 0.3) is 0 Å². The maximum absolute atomic E-state index is 14.1. The van der Waals surface area contributed by atoms with E-state index in [-0.39, 0.29) is 11.3 Å². The van der Waals surface area contributed by atoms with Crippen LogP contribution in [0.1, 0.15) is 25.7 Å². The third kappa shape index (κ3) is 2.13. The van der Waals surface area contributed by atoms with Crippen molar-refractivity contribution >= 4 is 40.2 Å². The van der Waals surface area contributed by atoms with Gasteiger partial charge in [0.2, 0.25) is 0 Å². The van der Waals surface area contributed by atoms with Crippen LogP contribution in [-0.2, 0) is 4.79 Å². The van der Waals surface area contributed by atoms with Gasteiger partial charge in [-0.1, -0.05) is 15.9 Å². The second-order valence-corrected chi connectivity index (χ2v) is 6.26. The molecule has 1 atom stereocenters. The van der Waals surface area contributed by atoms with Crippen LogP contribution >= 0.6 is 28.6 Å². The molecule has 0 spiro atoms. The zero-order chi connectivity index (χ0) is 13.6. The Balaban J connectivity index is 2.01. The number of hydrogen-bond donors (Lipinski definition) is 1. The number of thiol groups is 1. The lowest BCUT2D eigenvalue weighted by Gasteiger charge is -2.23. The van der Waals surface area contributed by atoms with Gasteiger partial charge in [0.05, 0.1) is 5.69 Å². The first-order valence-electron chi connectivity index (χ1n) is 6.28. The number of nitrogens with zero attached hydrogens (tertiary/aromatic N) is 1. The topological polar surface area (TPSA) is 20.3 Å². The Labute approximate surface area is 125 Å². The molecule has 2 nitrogen and oxygen atoms in total. The van der Waals surface area contributed by atoms with E-state index in [0.717, 1.165) is 36.8 Å². The molecule has 19 heavy (non-hydrogen) atoms. The van der Waals surface area contributed by atoms with Gasteiger partial charge in [0.15, 0.2) is 0 Å². The van der Waals surface area contributed by atoms with Crippen molar-refractivity contribution in [1.82, 2.24) is 0 Å². The van der Waals surface area contributed by atoms with Crippen LogP contribution in [0.3, 0.4) is 0 Å². The van der Waals surface area contributed by atoms with Gasteiger partial charge in [0.1, 0.15) is 11.2 Å². The van der Waals surface area contributed by atoms with Crippen LogP contribution in [0.5, 0.6) is 0 Å². The molecule has 0 bridgehead atoms. The first kappa shape index (κ1) is 13.2. The van der Waals surface area contributed by atoms with Crippen molar-refractivity contribution in [1.29, 1.82) is 0 Å². The minimum absolute atomic E-state index is 0.0871. The molecule has 0 saturated heterocycles. The average molecular weight is 342 g/mol. The molecule has 1 aromatic rings. The summed E-state index contributed by atoms with van der Waals surface area (Å²) < 4.78 is 14.7. The molecular formula is C14H13BrFNOS. The van der Waals surface area contributed by atoms with E-state index in [4.69, 9.17) is 0 Å². The average Bonchev–Trinajstić information content (AvgIpc) is 2.64. The fourth-order valence-corrected chi connectivity index (χ4v) is 3.64.